The summed E-state index contributed by atoms with van der Waals surface area (Å²) in [7, 11) is -3.75. The number of carbonyl (C=O) groups excluding carboxylic acids is 1. The Labute approximate surface area is 67.3 Å². The third-order valence-electron chi connectivity index (χ3n) is 0.907. The maximum atomic E-state index is 10.9. The zero-order valence-electron chi connectivity index (χ0n) is 5.22. The molecule has 0 unspecified atom stereocenters. The van der Waals surface area contributed by atoms with Crippen LogP contribution in [0.25, 0.3) is 0 Å². The summed E-state index contributed by atoms with van der Waals surface area (Å²) in [6.45, 7) is 0. The predicted octanol–water partition coefficient (Wildman–Crippen LogP) is 0.773. The third-order valence-corrected chi connectivity index (χ3v) is 3.45. The lowest BCUT2D eigenvalue weighted by Gasteiger charge is -1.85. The maximum Gasteiger partial charge on any atom is 0.302 e. The molecule has 0 radical (unpaired) electrons. The first kappa shape index (κ1) is 8.13. The van der Waals surface area contributed by atoms with Crippen LogP contribution in [0.1, 0.15) is 0 Å². The van der Waals surface area contributed by atoms with Gasteiger partial charge in [0.1, 0.15) is 4.21 Å². The van der Waals surface area contributed by atoms with Crippen molar-refractivity contribution in [1.82, 2.24) is 0 Å². The highest BCUT2D eigenvalue weighted by Gasteiger charge is 2.12. The van der Waals surface area contributed by atoms with E-state index in [0.717, 1.165) is 17.4 Å². The number of rotatable bonds is 2. The van der Waals surface area contributed by atoms with E-state index in [1.807, 2.05) is 0 Å². The lowest BCUT2D eigenvalue weighted by Crippen LogP contribution is -1.91. The van der Waals surface area contributed by atoms with Gasteiger partial charge in [-0.25, -0.2) is 4.79 Å². The van der Waals surface area contributed by atoms with Gasteiger partial charge in [0.15, 0.2) is 0 Å². The second kappa shape index (κ2) is 2.96. The lowest BCUT2D eigenvalue weighted by molar-refractivity contribution is 0.564. The van der Waals surface area contributed by atoms with Crippen molar-refractivity contribution in [2.45, 2.75) is 4.21 Å². The molecule has 0 saturated heterocycles. The van der Waals surface area contributed by atoms with E-state index in [9.17, 15) is 13.2 Å². The van der Waals surface area contributed by atoms with Crippen molar-refractivity contribution in [2.24, 2.45) is 4.40 Å². The standard InChI is InChI=1S/C5H3NO3S2/c7-4-6-11(8,9)5-2-1-3-10-5/h1-3H. The Morgan fingerprint density at radius 2 is 2.27 bits per heavy atom. The van der Waals surface area contributed by atoms with Gasteiger partial charge < -0.3 is 0 Å². The zero-order valence-corrected chi connectivity index (χ0v) is 6.85. The molecule has 1 aromatic heterocycles. The van der Waals surface area contributed by atoms with E-state index < -0.39 is 10.0 Å². The molecule has 0 saturated carbocycles. The van der Waals surface area contributed by atoms with Crippen LogP contribution in [0.15, 0.2) is 26.1 Å². The molecule has 0 fully saturated rings. The Morgan fingerprint density at radius 3 is 2.73 bits per heavy atom. The van der Waals surface area contributed by atoms with Crippen molar-refractivity contribution < 1.29 is 13.2 Å². The van der Waals surface area contributed by atoms with Crippen LogP contribution in [0, 0.1) is 0 Å². The monoisotopic (exact) mass is 189 g/mol. The van der Waals surface area contributed by atoms with Crippen molar-refractivity contribution in [3.63, 3.8) is 0 Å². The van der Waals surface area contributed by atoms with Crippen LogP contribution in [0.4, 0.5) is 0 Å². The molecule has 4 nitrogen and oxygen atoms in total. The highest BCUT2D eigenvalue weighted by molar-refractivity contribution is 7.92. The zero-order chi connectivity index (χ0) is 8.32. The molecule has 0 N–H and O–H groups in total. The smallest absolute Gasteiger partial charge is 0.210 e. The predicted molar refractivity (Wildman–Crippen MR) is 39.6 cm³/mol. The number of hydrogen-bond donors (Lipinski definition) is 0. The van der Waals surface area contributed by atoms with Gasteiger partial charge in [-0.1, -0.05) is 10.5 Å². The van der Waals surface area contributed by atoms with Gasteiger partial charge in [-0.05, 0) is 11.4 Å². The van der Waals surface area contributed by atoms with Gasteiger partial charge in [0.25, 0.3) is 6.08 Å². The fourth-order valence-electron chi connectivity index (χ4n) is 0.504. The van der Waals surface area contributed by atoms with Gasteiger partial charge in [-0.15, -0.1) is 11.3 Å². The van der Waals surface area contributed by atoms with Crippen LogP contribution in [-0.2, 0) is 14.8 Å². The van der Waals surface area contributed by atoms with Gasteiger partial charge in [0, 0.05) is 0 Å². The largest absolute Gasteiger partial charge is 0.302 e. The summed E-state index contributed by atoms with van der Waals surface area (Å²) in [6.07, 6.45) is 0.990. The average Bonchev–Trinajstić information content (AvgIpc) is 2.37. The number of hydrogen-bond acceptors (Lipinski definition) is 4. The molecule has 1 rings (SSSR count). The SMILES string of the molecule is O=C=NS(=O)(=O)c1cccs1. The Morgan fingerprint density at radius 1 is 1.55 bits per heavy atom. The van der Waals surface area contributed by atoms with Gasteiger partial charge in [-0.3, -0.25) is 0 Å². The fourth-order valence-corrected chi connectivity index (χ4v) is 2.16. The fraction of sp³-hybridized carbons (Fsp3) is 0. The number of isocyanates is 1. The quantitative estimate of drug-likeness (QED) is 0.510. The highest BCUT2D eigenvalue weighted by Crippen LogP contribution is 2.17. The molecule has 1 heterocycles. The van der Waals surface area contributed by atoms with E-state index in [2.05, 4.69) is 4.40 Å². The van der Waals surface area contributed by atoms with E-state index in [0.29, 0.717) is 0 Å². The number of sulfonamides is 1. The Bertz CT molecular complexity index is 372. The van der Waals surface area contributed by atoms with Crippen molar-refractivity contribution in [3.05, 3.63) is 17.5 Å². The van der Waals surface area contributed by atoms with E-state index in [4.69, 9.17) is 0 Å². The molecule has 0 spiro atoms. The molecule has 58 valence electrons. The minimum absolute atomic E-state index is 0.0563. The van der Waals surface area contributed by atoms with Crippen LogP contribution < -0.4 is 0 Å². The average molecular weight is 189 g/mol. The van der Waals surface area contributed by atoms with Crippen LogP contribution in [-0.4, -0.2) is 14.5 Å². The van der Waals surface area contributed by atoms with Crippen molar-refractivity contribution in [2.75, 3.05) is 0 Å². The second-order valence-corrected chi connectivity index (χ2v) is 4.37. The van der Waals surface area contributed by atoms with E-state index in [1.54, 1.807) is 11.4 Å². The van der Waals surface area contributed by atoms with Crippen LogP contribution in [0.2, 0.25) is 0 Å². The van der Waals surface area contributed by atoms with Crippen LogP contribution in [0.3, 0.4) is 0 Å². The van der Waals surface area contributed by atoms with Crippen molar-refractivity contribution in [1.29, 1.82) is 0 Å². The summed E-state index contributed by atoms with van der Waals surface area (Å²) in [4.78, 5) is 9.65. The summed E-state index contributed by atoms with van der Waals surface area (Å²) in [6, 6.07) is 2.94. The molecule has 1 aromatic rings. The second-order valence-electron chi connectivity index (χ2n) is 1.59. The summed E-state index contributed by atoms with van der Waals surface area (Å²) in [5, 5.41) is 1.59. The van der Waals surface area contributed by atoms with E-state index >= 15 is 0 Å². The van der Waals surface area contributed by atoms with Gasteiger partial charge in [0.2, 0.25) is 0 Å². The first-order valence-corrected chi connectivity index (χ1v) is 4.86. The molecule has 0 aliphatic rings. The number of nitrogens with zero attached hydrogens (tertiary/aromatic N) is 1. The molecule has 11 heavy (non-hydrogen) atoms. The molecule has 0 aliphatic carbocycles. The summed E-state index contributed by atoms with van der Waals surface area (Å²) in [5.41, 5.74) is 0. The molecular formula is C5H3NO3S2. The molecule has 0 aromatic carbocycles. The first-order valence-electron chi connectivity index (χ1n) is 2.54. The van der Waals surface area contributed by atoms with E-state index in [1.165, 1.54) is 6.07 Å². The van der Waals surface area contributed by atoms with Gasteiger partial charge in [-0.2, -0.15) is 8.42 Å². The third kappa shape index (κ3) is 1.74. The topological polar surface area (TPSA) is 63.6 Å². The van der Waals surface area contributed by atoms with Crippen molar-refractivity contribution >= 4 is 27.4 Å². The minimum Gasteiger partial charge on any atom is -0.210 e. The normalized spacial score (nSPS) is 10.5. The molecule has 0 aliphatic heterocycles. The molecule has 0 bridgehead atoms. The summed E-state index contributed by atoms with van der Waals surface area (Å²) in [5.74, 6) is 0. The molecule has 0 atom stereocenters. The minimum atomic E-state index is -3.75. The Hall–Kier alpha value is -0.970. The van der Waals surface area contributed by atoms with E-state index in [-0.39, 0.29) is 4.21 Å². The first-order chi connectivity index (χ1) is 5.17. The Balaban J connectivity index is 3.22. The lowest BCUT2D eigenvalue weighted by atomic mass is 10.7. The van der Waals surface area contributed by atoms with Crippen molar-refractivity contribution in [3.8, 4) is 0 Å². The molecular weight excluding hydrogens is 186 g/mol. The van der Waals surface area contributed by atoms with Gasteiger partial charge in [0.05, 0.1) is 0 Å². The summed E-state index contributed by atoms with van der Waals surface area (Å²) < 4.78 is 24.5. The highest BCUT2D eigenvalue weighted by atomic mass is 32.2. The van der Waals surface area contributed by atoms with Gasteiger partial charge >= 0.3 is 10.0 Å². The Kier molecular flexibility index (Phi) is 2.19. The van der Waals surface area contributed by atoms with Crippen LogP contribution in [0.5, 0.6) is 0 Å². The van der Waals surface area contributed by atoms with Crippen LogP contribution >= 0.6 is 11.3 Å². The maximum absolute atomic E-state index is 10.9. The molecule has 6 heteroatoms. The summed E-state index contributed by atoms with van der Waals surface area (Å²) >= 11 is 1.01. The number of thiophene rings is 1. The molecule has 0 amide bonds.